The molecule has 1 aliphatic rings. The zero-order valence-corrected chi connectivity index (χ0v) is 7.31. The third kappa shape index (κ3) is 1.13. The Hall–Kier alpha value is -0.570. The smallest absolute Gasteiger partial charge is 0.326 e. The van der Waals surface area contributed by atoms with Crippen molar-refractivity contribution in [3.63, 3.8) is 0 Å². The summed E-state index contributed by atoms with van der Waals surface area (Å²) in [4.78, 5) is 11.2. The van der Waals surface area contributed by atoms with Crippen LogP contribution < -0.4 is 5.32 Å². The fraction of sp³-hybridized carbons (Fsp3) is 0.875. The Morgan fingerprint density at radius 1 is 1.82 bits per heavy atom. The molecular weight excluding hydrogens is 142 g/mol. The molecule has 0 aromatic carbocycles. The standard InChI is InChI=1S/C8H15NO2/c1-4-6-5-8(6,9-2)7(10)11-3/h6,9H,4-5H2,1-3H3/t6-,8-/m1/s1. The van der Waals surface area contributed by atoms with Crippen molar-refractivity contribution in [1.82, 2.24) is 5.32 Å². The number of esters is 1. The van der Waals surface area contributed by atoms with Crippen LogP contribution in [0.15, 0.2) is 0 Å². The van der Waals surface area contributed by atoms with Gasteiger partial charge in [-0.2, -0.15) is 0 Å². The van der Waals surface area contributed by atoms with Crippen LogP contribution in [0.25, 0.3) is 0 Å². The molecule has 64 valence electrons. The van der Waals surface area contributed by atoms with Crippen LogP contribution in [-0.2, 0) is 9.53 Å². The fourth-order valence-corrected chi connectivity index (χ4v) is 1.66. The lowest BCUT2D eigenvalue weighted by Gasteiger charge is -2.12. The minimum absolute atomic E-state index is 0.119. The summed E-state index contributed by atoms with van der Waals surface area (Å²) in [5.41, 5.74) is -0.344. The molecule has 0 radical (unpaired) electrons. The Morgan fingerprint density at radius 2 is 2.45 bits per heavy atom. The molecule has 0 aromatic rings. The molecule has 0 amide bonds. The zero-order chi connectivity index (χ0) is 8.48. The van der Waals surface area contributed by atoms with Crippen LogP contribution in [0.4, 0.5) is 0 Å². The van der Waals surface area contributed by atoms with Crippen molar-refractivity contribution in [2.24, 2.45) is 5.92 Å². The normalized spacial score (nSPS) is 35.0. The number of carbonyl (C=O) groups is 1. The first-order chi connectivity index (χ1) is 5.21. The second-order valence-corrected chi connectivity index (χ2v) is 3.02. The van der Waals surface area contributed by atoms with Gasteiger partial charge in [0, 0.05) is 0 Å². The van der Waals surface area contributed by atoms with Gasteiger partial charge in [-0.1, -0.05) is 13.3 Å². The summed E-state index contributed by atoms with van der Waals surface area (Å²) in [6.45, 7) is 2.09. The van der Waals surface area contributed by atoms with Crippen molar-refractivity contribution in [2.45, 2.75) is 25.3 Å². The molecule has 1 rings (SSSR count). The van der Waals surface area contributed by atoms with Crippen LogP contribution in [0.2, 0.25) is 0 Å². The van der Waals surface area contributed by atoms with Gasteiger partial charge in [-0.15, -0.1) is 0 Å². The van der Waals surface area contributed by atoms with E-state index in [0.29, 0.717) is 5.92 Å². The van der Waals surface area contributed by atoms with Gasteiger partial charge >= 0.3 is 5.97 Å². The first kappa shape index (κ1) is 8.53. The van der Waals surface area contributed by atoms with E-state index < -0.39 is 0 Å². The van der Waals surface area contributed by atoms with Crippen molar-refractivity contribution in [2.75, 3.05) is 14.2 Å². The maximum atomic E-state index is 11.2. The number of hydrogen-bond acceptors (Lipinski definition) is 3. The molecule has 0 saturated heterocycles. The van der Waals surface area contributed by atoms with Crippen molar-refractivity contribution in [1.29, 1.82) is 0 Å². The SMILES string of the molecule is CC[C@@H]1C[C@]1(NC)C(=O)OC. The average molecular weight is 157 g/mol. The summed E-state index contributed by atoms with van der Waals surface area (Å²) in [7, 11) is 3.25. The highest BCUT2D eigenvalue weighted by Gasteiger charge is 2.58. The lowest BCUT2D eigenvalue weighted by Crippen LogP contribution is -2.39. The maximum Gasteiger partial charge on any atom is 0.326 e. The van der Waals surface area contributed by atoms with Gasteiger partial charge in [0.1, 0.15) is 5.54 Å². The third-order valence-electron chi connectivity index (χ3n) is 2.59. The van der Waals surface area contributed by atoms with Gasteiger partial charge in [0.15, 0.2) is 0 Å². The van der Waals surface area contributed by atoms with Crippen molar-refractivity contribution in [3.05, 3.63) is 0 Å². The molecule has 11 heavy (non-hydrogen) atoms. The number of hydrogen-bond donors (Lipinski definition) is 1. The van der Waals surface area contributed by atoms with Gasteiger partial charge in [0.05, 0.1) is 7.11 Å². The van der Waals surface area contributed by atoms with E-state index in [2.05, 4.69) is 12.2 Å². The van der Waals surface area contributed by atoms with Crippen LogP contribution in [0.1, 0.15) is 19.8 Å². The highest BCUT2D eigenvalue weighted by Crippen LogP contribution is 2.46. The van der Waals surface area contributed by atoms with Gasteiger partial charge in [-0.25, -0.2) is 0 Å². The largest absolute Gasteiger partial charge is 0.468 e. The van der Waals surface area contributed by atoms with Crippen LogP contribution >= 0.6 is 0 Å². The maximum absolute atomic E-state index is 11.2. The molecule has 0 heterocycles. The number of nitrogens with one attached hydrogen (secondary N) is 1. The van der Waals surface area contributed by atoms with E-state index in [4.69, 9.17) is 4.74 Å². The summed E-state index contributed by atoms with van der Waals surface area (Å²) in [5.74, 6) is 0.354. The van der Waals surface area contributed by atoms with Crippen molar-refractivity contribution >= 4 is 5.97 Å². The lowest BCUT2D eigenvalue weighted by atomic mass is 10.2. The molecule has 2 atom stereocenters. The summed E-state index contributed by atoms with van der Waals surface area (Å²) < 4.78 is 4.70. The molecule has 1 saturated carbocycles. The Balaban J connectivity index is 2.59. The minimum atomic E-state index is -0.344. The first-order valence-electron chi connectivity index (χ1n) is 3.98. The molecule has 1 N–H and O–H groups in total. The predicted octanol–water partition coefficient (Wildman–Crippen LogP) is 0.547. The Labute approximate surface area is 67.1 Å². The summed E-state index contributed by atoms with van der Waals surface area (Å²) in [5, 5.41) is 3.03. The molecule has 3 nitrogen and oxygen atoms in total. The van der Waals surface area contributed by atoms with Crippen molar-refractivity contribution in [3.8, 4) is 0 Å². The van der Waals surface area contributed by atoms with Gasteiger partial charge < -0.3 is 10.1 Å². The Bertz CT molecular complexity index is 169. The van der Waals surface area contributed by atoms with E-state index in [1.165, 1.54) is 7.11 Å². The van der Waals surface area contributed by atoms with E-state index in [1.54, 1.807) is 0 Å². The molecular formula is C8H15NO2. The molecule has 0 spiro atoms. The molecule has 0 aromatic heterocycles. The highest BCUT2D eigenvalue weighted by atomic mass is 16.5. The van der Waals surface area contributed by atoms with Gasteiger partial charge in [-0.3, -0.25) is 4.79 Å². The molecule has 0 aliphatic heterocycles. The molecule has 0 bridgehead atoms. The summed E-state index contributed by atoms with van der Waals surface area (Å²) in [6, 6.07) is 0. The monoisotopic (exact) mass is 157 g/mol. The molecule has 0 unspecified atom stereocenters. The fourth-order valence-electron chi connectivity index (χ4n) is 1.66. The summed E-state index contributed by atoms with van der Waals surface area (Å²) >= 11 is 0. The highest BCUT2D eigenvalue weighted by molar-refractivity contribution is 5.84. The van der Waals surface area contributed by atoms with E-state index in [1.807, 2.05) is 7.05 Å². The lowest BCUT2D eigenvalue weighted by molar-refractivity contribution is -0.144. The summed E-state index contributed by atoms with van der Waals surface area (Å²) in [6.07, 6.45) is 1.96. The quantitative estimate of drug-likeness (QED) is 0.608. The number of rotatable bonds is 3. The van der Waals surface area contributed by atoms with Gasteiger partial charge in [0.2, 0.25) is 0 Å². The molecule has 1 fully saturated rings. The number of likely N-dealkylation sites (N-methyl/N-ethyl adjacent to an activating group) is 1. The second kappa shape index (κ2) is 2.81. The number of carbonyl (C=O) groups excluding carboxylic acids is 1. The average Bonchev–Trinajstić information content (AvgIpc) is 2.78. The number of ether oxygens (including phenoxy) is 1. The van der Waals surface area contributed by atoms with Crippen LogP contribution in [0.5, 0.6) is 0 Å². The van der Waals surface area contributed by atoms with E-state index in [0.717, 1.165) is 12.8 Å². The van der Waals surface area contributed by atoms with Crippen molar-refractivity contribution < 1.29 is 9.53 Å². The predicted molar refractivity (Wildman–Crippen MR) is 42.2 cm³/mol. The van der Waals surface area contributed by atoms with Gasteiger partial charge in [0.25, 0.3) is 0 Å². The Morgan fingerprint density at radius 3 is 2.73 bits per heavy atom. The molecule has 3 heteroatoms. The van der Waals surface area contributed by atoms with Crippen LogP contribution in [0, 0.1) is 5.92 Å². The Kier molecular flexibility index (Phi) is 2.18. The number of methoxy groups -OCH3 is 1. The van der Waals surface area contributed by atoms with Crippen LogP contribution in [0.3, 0.4) is 0 Å². The third-order valence-corrected chi connectivity index (χ3v) is 2.59. The van der Waals surface area contributed by atoms with E-state index in [-0.39, 0.29) is 11.5 Å². The first-order valence-corrected chi connectivity index (χ1v) is 3.98. The van der Waals surface area contributed by atoms with E-state index >= 15 is 0 Å². The van der Waals surface area contributed by atoms with E-state index in [9.17, 15) is 4.79 Å². The minimum Gasteiger partial charge on any atom is -0.468 e. The topological polar surface area (TPSA) is 38.3 Å². The second-order valence-electron chi connectivity index (χ2n) is 3.02. The van der Waals surface area contributed by atoms with Crippen LogP contribution in [-0.4, -0.2) is 25.7 Å². The zero-order valence-electron chi connectivity index (χ0n) is 7.31. The van der Waals surface area contributed by atoms with Gasteiger partial charge in [-0.05, 0) is 19.4 Å². The molecule has 1 aliphatic carbocycles.